The lowest BCUT2D eigenvalue weighted by Crippen LogP contribution is -2.24. The number of carbonyl (C=O) groups is 1. The Kier molecular flexibility index (Phi) is 3.90. The van der Waals surface area contributed by atoms with E-state index in [1.54, 1.807) is 4.68 Å². The van der Waals surface area contributed by atoms with Crippen LogP contribution in [0.2, 0.25) is 0 Å². The van der Waals surface area contributed by atoms with Gasteiger partial charge in [0.05, 0.1) is 17.9 Å². The zero-order valence-electron chi connectivity index (χ0n) is 12.9. The molecule has 2 heterocycles. The number of ketones is 1. The normalized spacial score (nSPS) is 13.8. The van der Waals surface area contributed by atoms with Crippen LogP contribution in [0.3, 0.4) is 0 Å². The van der Waals surface area contributed by atoms with E-state index in [1.165, 1.54) is 11.8 Å². The van der Waals surface area contributed by atoms with Crippen molar-refractivity contribution in [2.45, 2.75) is 37.9 Å². The van der Waals surface area contributed by atoms with Crippen molar-refractivity contribution in [3.8, 4) is 5.75 Å². The topological polar surface area (TPSA) is 69.9 Å². The number of ether oxygens (including phenoxy) is 1. The maximum Gasteiger partial charge on any atom is 0.210 e. The van der Waals surface area contributed by atoms with Crippen molar-refractivity contribution in [1.29, 1.82) is 0 Å². The Labute approximate surface area is 133 Å². The van der Waals surface area contributed by atoms with E-state index in [0.717, 1.165) is 17.7 Å². The first-order valence-corrected chi connectivity index (χ1v) is 8.14. The highest BCUT2D eigenvalue weighted by atomic mass is 32.2. The molecule has 1 aliphatic heterocycles. The van der Waals surface area contributed by atoms with Crippen LogP contribution in [0.15, 0.2) is 23.4 Å². The number of carbonyl (C=O) groups excluding carboxylic acids is 1. The minimum absolute atomic E-state index is 0.0724. The van der Waals surface area contributed by atoms with Crippen LogP contribution >= 0.6 is 11.8 Å². The Bertz CT molecular complexity index is 706. The van der Waals surface area contributed by atoms with Gasteiger partial charge in [0.1, 0.15) is 5.75 Å². The van der Waals surface area contributed by atoms with Crippen molar-refractivity contribution < 1.29 is 9.53 Å². The molecule has 0 aliphatic carbocycles. The molecule has 0 spiro atoms. The molecule has 2 aromatic rings. The highest BCUT2D eigenvalue weighted by Crippen LogP contribution is 2.27. The predicted molar refractivity (Wildman–Crippen MR) is 83.5 cm³/mol. The molecule has 7 heteroatoms. The number of fused-ring (bicyclic) bond motifs is 1. The van der Waals surface area contributed by atoms with Crippen LogP contribution in [-0.2, 0) is 12.0 Å². The number of nitrogens with zero attached hydrogens (tertiary/aromatic N) is 4. The fourth-order valence-electron chi connectivity index (χ4n) is 2.26. The Morgan fingerprint density at radius 3 is 3.00 bits per heavy atom. The molecule has 0 radical (unpaired) electrons. The molecule has 0 bridgehead atoms. The first-order chi connectivity index (χ1) is 10.4. The van der Waals surface area contributed by atoms with Crippen LogP contribution in [0.25, 0.3) is 0 Å². The first kappa shape index (κ1) is 15.0. The van der Waals surface area contributed by atoms with Gasteiger partial charge in [0.25, 0.3) is 0 Å². The molecule has 0 fully saturated rings. The van der Waals surface area contributed by atoms with E-state index in [1.807, 2.05) is 39.0 Å². The molecule has 1 aliphatic rings. The van der Waals surface area contributed by atoms with Crippen LogP contribution in [-0.4, -0.2) is 38.4 Å². The molecule has 0 N–H and O–H groups in total. The summed E-state index contributed by atoms with van der Waals surface area (Å²) in [7, 11) is 0. The molecule has 1 aromatic heterocycles. The van der Waals surface area contributed by atoms with Gasteiger partial charge in [0.15, 0.2) is 5.78 Å². The minimum Gasteiger partial charge on any atom is -0.493 e. The van der Waals surface area contributed by atoms with Crippen LogP contribution < -0.4 is 4.74 Å². The maximum atomic E-state index is 12.4. The Balaban J connectivity index is 1.69. The van der Waals surface area contributed by atoms with E-state index >= 15 is 0 Å². The number of aromatic nitrogens is 4. The van der Waals surface area contributed by atoms with Crippen LogP contribution in [0, 0.1) is 0 Å². The molecule has 22 heavy (non-hydrogen) atoms. The van der Waals surface area contributed by atoms with Crippen molar-refractivity contribution in [3.05, 3.63) is 29.3 Å². The third kappa shape index (κ3) is 2.99. The SMILES string of the molecule is CC(C)(C)n1nnnc1SCC(=O)c1ccc2c(c1)CCO2. The quantitative estimate of drug-likeness (QED) is 0.636. The molecular weight excluding hydrogens is 300 g/mol. The highest BCUT2D eigenvalue weighted by molar-refractivity contribution is 7.99. The summed E-state index contributed by atoms with van der Waals surface area (Å²) in [6, 6.07) is 5.62. The Morgan fingerprint density at radius 2 is 2.23 bits per heavy atom. The number of rotatable bonds is 4. The molecular formula is C15H18N4O2S. The van der Waals surface area contributed by atoms with E-state index in [-0.39, 0.29) is 11.3 Å². The molecule has 1 aromatic carbocycles. The molecule has 6 nitrogen and oxygen atoms in total. The van der Waals surface area contributed by atoms with Crippen LogP contribution in [0.1, 0.15) is 36.7 Å². The monoisotopic (exact) mass is 318 g/mol. The van der Waals surface area contributed by atoms with Crippen LogP contribution in [0.4, 0.5) is 0 Å². The second-order valence-corrected chi connectivity index (χ2v) is 7.12. The minimum atomic E-state index is -0.209. The molecule has 0 amide bonds. The predicted octanol–water partition coefficient (Wildman–Crippen LogP) is 2.34. The zero-order valence-corrected chi connectivity index (χ0v) is 13.7. The molecule has 0 saturated carbocycles. The smallest absolute Gasteiger partial charge is 0.210 e. The number of benzene rings is 1. The number of Topliss-reactive ketones (excluding diaryl/α,β-unsaturated/α-hetero) is 1. The molecule has 0 atom stereocenters. The molecule has 0 unspecified atom stereocenters. The maximum absolute atomic E-state index is 12.4. The average molecular weight is 318 g/mol. The first-order valence-electron chi connectivity index (χ1n) is 7.16. The third-order valence-electron chi connectivity index (χ3n) is 3.42. The van der Waals surface area contributed by atoms with E-state index < -0.39 is 0 Å². The van der Waals surface area contributed by atoms with Gasteiger partial charge in [-0.2, -0.15) is 0 Å². The van der Waals surface area contributed by atoms with Gasteiger partial charge in [-0.25, -0.2) is 4.68 Å². The number of hydrogen-bond acceptors (Lipinski definition) is 6. The van der Waals surface area contributed by atoms with Gasteiger partial charge in [-0.05, 0) is 55.0 Å². The zero-order chi connectivity index (χ0) is 15.7. The van der Waals surface area contributed by atoms with Gasteiger partial charge in [0.2, 0.25) is 5.16 Å². The summed E-state index contributed by atoms with van der Waals surface area (Å²) in [5, 5.41) is 12.3. The summed E-state index contributed by atoms with van der Waals surface area (Å²) in [6.45, 7) is 6.77. The van der Waals surface area contributed by atoms with Crippen molar-refractivity contribution in [2.75, 3.05) is 12.4 Å². The lowest BCUT2D eigenvalue weighted by Gasteiger charge is -2.19. The molecule has 3 rings (SSSR count). The summed E-state index contributed by atoms with van der Waals surface area (Å²) in [4.78, 5) is 12.4. The third-order valence-corrected chi connectivity index (χ3v) is 4.34. The molecule has 116 valence electrons. The largest absolute Gasteiger partial charge is 0.493 e. The van der Waals surface area contributed by atoms with E-state index in [4.69, 9.17) is 4.74 Å². The summed E-state index contributed by atoms with van der Waals surface area (Å²) >= 11 is 1.36. The van der Waals surface area contributed by atoms with Crippen molar-refractivity contribution in [3.63, 3.8) is 0 Å². The van der Waals surface area contributed by atoms with E-state index in [0.29, 0.717) is 23.1 Å². The molecule has 0 saturated heterocycles. The fraction of sp³-hybridized carbons (Fsp3) is 0.467. The second kappa shape index (κ2) is 5.72. The van der Waals surface area contributed by atoms with E-state index in [2.05, 4.69) is 15.5 Å². The Morgan fingerprint density at radius 1 is 1.41 bits per heavy atom. The van der Waals surface area contributed by atoms with Crippen molar-refractivity contribution in [1.82, 2.24) is 20.2 Å². The summed E-state index contributed by atoms with van der Waals surface area (Å²) in [6.07, 6.45) is 0.867. The van der Waals surface area contributed by atoms with Crippen molar-refractivity contribution >= 4 is 17.5 Å². The standard InChI is InChI=1S/C15H18N4O2S/c1-15(2,3)19-14(16-17-18-19)22-9-12(20)10-4-5-13-11(8-10)6-7-21-13/h4-5,8H,6-7,9H2,1-3H3. The van der Waals surface area contributed by atoms with Gasteiger partial charge in [-0.3, -0.25) is 4.79 Å². The van der Waals surface area contributed by atoms with Crippen molar-refractivity contribution in [2.24, 2.45) is 0 Å². The highest BCUT2D eigenvalue weighted by Gasteiger charge is 2.21. The Hall–Kier alpha value is -1.89. The van der Waals surface area contributed by atoms with Gasteiger partial charge in [-0.1, -0.05) is 11.8 Å². The number of tetrazole rings is 1. The summed E-state index contributed by atoms with van der Waals surface area (Å²) in [5.74, 6) is 1.28. The summed E-state index contributed by atoms with van der Waals surface area (Å²) in [5.41, 5.74) is 1.61. The lowest BCUT2D eigenvalue weighted by molar-refractivity contribution is 0.102. The number of hydrogen-bond donors (Lipinski definition) is 0. The fourth-order valence-corrected chi connectivity index (χ4v) is 3.22. The van der Waals surface area contributed by atoms with Gasteiger partial charge < -0.3 is 4.74 Å². The number of thioether (sulfide) groups is 1. The average Bonchev–Trinajstić information content (AvgIpc) is 3.11. The van der Waals surface area contributed by atoms with Crippen LogP contribution in [0.5, 0.6) is 5.75 Å². The van der Waals surface area contributed by atoms with E-state index in [9.17, 15) is 4.79 Å². The summed E-state index contributed by atoms with van der Waals surface area (Å²) < 4.78 is 7.20. The van der Waals surface area contributed by atoms with Gasteiger partial charge in [-0.15, -0.1) is 5.10 Å². The van der Waals surface area contributed by atoms with Gasteiger partial charge >= 0.3 is 0 Å². The second-order valence-electron chi connectivity index (χ2n) is 6.18. The van der Waals surface area contributed by atoms with Gasteiger partial charge in [0, 0.05) is 12.0 Å². The lowest BCUT2D eigenvalue weighted by atomic mass is 10.1.